The number of thiazole rings is 1. The number of hydrogen-bond donors (Lipinski definition) is 0. The van der Waals surface area contributed by atoms with Crippen molar-refractivity contribution < 1.29 is 13.2 Å². The molecule has 0 N–H and O–H groups in total. The summed E-state index contributed by atoms with van der Waals surface area (Å²) in [6, 6.07) is 12.1. The Bertz CT molecular complexity index is 1280. The maximum Gasteiger partial charge on any atom is 0.248 e. The Balaban J connectivity index is 1.76. The Morgan fingerprint density at radius 2 is 1.97 bits per heavy atom. The fourth-order valence-electron chi connectivity index (χ4n) is 3.00. The second-order valence-corrected chi connectivity index (χ2v) is 10.3. The molecule has 0 radical (unpaired) electrons. The van der Waals surface area contributed by atoms with Crippen molar-refractivity contribution in [3.05, 3.63) is 57.9 Å². The molecule has 3 aromatic rings. The van der Waals surface area contributed by atoms with Gasteiger partial charge in [-0.25, -0.2) is 8.42 Å². The number of aromatic nitrogens is 1. The largest absolute Gasteiger partial charge is 0.305 e. The maximum atomic E-state index is 12.4. The van der Waals surface area contributed by atoms with E-state index in [0.717, 1.165) is 16.6 Å². The van der Waals surface area contributed by atoms with Crippen molar-refractivity contribution in [3.8, 4) is 12.3 Å². The number of benzene rings is 2. The monoisotopic (exact) mass is 460 g/mol. The third-order valence-corrected chi connectivity index (χ3v) is 7.71. The normalized spacial score (nSPS) is 12.2. The molecule has 2 aromatic carbocycles. The molecule has 0 saturated carbocycles. The smallest absolute Gasteiger partial charge is 0.248 e. The fourth-order valence-corrected chi connectivity index (χ4v) is 5.55. The van der Waals surface area contributed by atoms with Gasteiger partial charge in [0, 0.05) is 11.4 Å². The second kappa shape index (κ2) is 9.61. The zero-order valence-corrected chi connectivity index (χ0v) is 18.9. The number of halogens is 1. The zero-order valence-electron chi connectivity index (χ0n) is 16.5. The van der Waals surface area contributed by atoms with Crippen LogP contribution in [0.1, 0.15) is 25.3 Å². The molecule has 30 heavy (non-hydrogen) atoms. The zero-order chi connectivity index (χ0) is 21.7. The number of terminal acetylenes is 1. The lowest BCUT2D eigenvalue weighted by Crippen LogP contribution is -2.16. The van der Waals surface area contributed by atoms with Gasteiger partial charge in [0.2, 0.25) is 5.91 Å². The SMILES string of the molecule is C#CCn1c(=NC(=O)CCCS(=O)(=O)c2ccc(Cl)cc2)sc2cc(CC)ccc21. The number of amides is 1. The van der Waals surface area contributed by atoms with Crippen LogP contribution < -0.4 is 4.80 Å². The van der Waals surface area contributed by atoms with Crippen LogP contribution in [0.5, 0.6) is 0 Å². The van der Waals surface area contributed by atoms with Crippen LogP contribution in [0.4, 0.5) is 0 Å². The average Bonchev–Trinajstić information content (AvgIpc) is 3.04. The molecule has 0 aliphatic heterocycles. The molecule has 0 bridgehead atoms. The molecule has 1 amide bonds. The number of carbonyl (C=O) groups excluding carboxylic acids is 1. The Kier molecular flexibility index (Phi) is 7.14. The lowest BCUT2D eigenvalue weighted by molar-refractivity contribution is -0.118. The number of carbonyl (C=O) groups is 1. The van der Waals surface area contributed by atoms with E-state index in [1.165, 1.54) is 41.2 Å². The predicted octanol–water partition coefficient (Wildman–Crippen LogP) is 4.23. The number of rotatable bonds is 7. The lowest BCUT2D eigenvalue weighted by atomic mass is 10.2. The standard InChI is InChI=1S/C22H21ClN2O3S2/c1-3-13-25-19-12-7-16(4-2)15-20(19)29-22(25)24-21(26)6-5-14-30(27,28)18-10-8-17(23)9-11-18/h1,7-12,15H,4-6,13-14H2,2H3. The van der Waals surface area contributed by atoms with Gasteiger partial charge in [-0.05, 0) is 54.8 Å². The maximum absolute atomic E-state index is 12.4. The van der Waals surface area contributed by atoms with Crippen LogP contribution in [-0.4, -0.2) is 24.6 Å². The summed E-state index contributed by atoms with van der Waals surface area (Å²) in [6.45, 7) is 2.39. The van der Waals surface area contributed by atoms with Crippen molar-refractivity contribution >= 4 is 48.9 Å². The first-order chi connectivity index (χ1) is 14.3. The van der Waals surface area contributed by atoms with Gasteiger partial charge in [-0.15, -0.1) is 6.42 Å². The number of hydrogen-bond acceptors (Lipinski definition) is 4. The molecule has 1 aromatic heterocycles. The highest BCUT2D eigenvalue weighted by atomic mass is 35.5. The van der Waals surface area contributed by atoms with E-state index in [1.54, 1.807) is 0 Å². The number of nitrogens with zero attached hydrogens (tertiary/aromatic N) is 2. The summed E-state index contributed by atoms with van der Waals surface area (Å²) >= 11 is 7.21. The highest BCUT2D eigenvalue weighted by Crippen LogP contribution is 2.20. The lowest BCUT2D eigenvalue weighted by Gasteiger charge is -2.03. The van der Waals surface area contributed by atoms with E-state index in [2.05, 4.69) is 23.9 Å². The van der Waals surface area contributed by atoms with Gasteiger partial charge in [-0.2, -0.15) is 4.99 Å². The summed E-state index contributed by atoms with van der Waals surface area (Å²) in [7, 11) is -3.47. The van der Waals surface area contributed by atoms with Gasteiger partial charge in [-0.1, -0.05) is 41.8 Å². The van der Waals surface area contributed by atoms with E-state index < -0.39 is 9.84 Å². The van der Waals surface area contributed by atoms with Crippen molar-refractivity contribution in [1.82, 2.24) is 4.57 Å². The molecule has 5 nitrogen and oxygen atoms in total. The summed E-state index contributed by atoms with van der Waals surface area (Å²) in [4.78, 5) is 17.3. The molecule has 0 unspecified atom stereocenters. The number of aryl methyl sites for hydroxylation is 1. The third kappa shape index (κ3) is 5.20. The molecular weight excluding hydrogens is 440 g/mol. The first-order valence-corrected chi connectivity index (χ1v) is 12.3. The molecule has 0 atom stereocenters. The minimum Gasteiger partial charge on any atom is -0.305 e. The van der Waals surface area contributed by atoms with Gasteiger partial charge in [0.25, 0.3) is 0 Å². The van der Waals surface area contributed by atoms with Crippen LogP contribution in [0.3, 0.4) is 0 Å². The van der Waals surface area contributed by atoms with E-state index in [4.69, 9.17) is 18.0 Å². The quantitative estimate of drug-likeness (QED) is 0.495. The molecular formula is C22H21ClN2O3S2. The van der Waals surface area contributed by atoms with E-state index in [1.807, 2.05) is 16.7 Å². The molecule has 0 aliphatic rings. The Morgan fingerprint density at radius 3 is 2.63 bits per heavy atom. The first-order valence-electron chi connectivity index (χ1n) is 9.45. The topological polar surface area (TPSA) is 68.5 Å². The number of fused-ring (bicyclic) bond motifs is 1. The predicted molar refractivity (Wildman–Crippen MR) is 121 cm³/mol. The molecule has 0 fully saturated rings. The van der Waals surface area contributed by atoms with Crippen LogP contribution in [-0.2, 0) is 27.6 Å². The van der Waals surface area contributed by atoms with Crippen molar-refractivity contribution in [3.63, 3.8) is 0 Å². The van der Waals surface area contributed by atoms with Crippen molar-refractivity contribution in [2.24, 2.45) is 4.99 Å². The summed E-state index contributed by atoms with van der Waals surface area (Å²) in [5.74, 6) is 2.10. The summed E-state index contributed by atoms with van der Waals surface area (Å²) in [5, 5.41) is 0.470. The molecule has 1 heterocycles. The van der Waals surface area contributed by atoms with Gasteiger partial charge in [0.1, 0.15) is 0 Å². The van der Waals surface area contributed by atoms with Crippen LogP contribution >= 0.6 is 22.9 Å². The molecule has 3 rings (SSSR count). The second-order valence-electron chi connectivity index (χ2n) is 6.71. The van der Waals surface area contributed by atoms with Gasteiger partial charge in [-0.3, -0.25) is 4.79 Å². The van der Waals surface area contributed by atoms with E-state index in [-0.39, 0.29) is 29.4 Å². The summed E-state index contributed by atoms with van der Waals surface area (Å²) in [6.07, 6.45) is 6.63. The minimum atomic E-state index is -3.47. The first kappa shape index (κ1) is 22.3. The Hall–Kier alpha value is -2.40. The van der Waals surface area contributed by atoms with Crippen LogP contribution in [0.2, 0.25) is 5.02 Å². The molecule has 0 aliphatic carbocycles. The van der Waals surface area contributed by atoms with E-state index in [0.29, 0.717) is 16.4 Å². The highest BCUT2D eigenvalue weighted by Gasteiger charge is 2.15. The summed E-state index contributed by atoms with van der Waals surface area (Å²) in [5.41, 5.74) is 2.13. The van der Waals surface area contributed by atoms with E-state index in [9.17, 15) is 13.2 Å². The van der Waals surface area contributed by atoms with E-state index >= 15 is 0 Å². The van der Waals surface area contributed by atoms with Crippen molar-refractivity contribution in [2.75, 3.05) is 5.75 Å². The van der Waals surface area contributed by atoms with Crippen LogP contribution in [0.25, 0.3) is 10.2 Å². The van der Waals surface area contributed by atoms with Gasteiger partial charge in [0.15, 0.2) is 14.6 Å². The third-order valence-electron chi connectivity index (χ3n) is 4.60. The Morgan fingerprint density at radius 1 is 1.23 bits per heavy atom. The van der Waals surface area contributed by atoms with Crippen molar-refractivity contribution in [1.29, 1.82) is 0 Å². The minimum absolute atomic E-state index is 0.0390. The average molecular weight is 461 g/mol. The fraction of sp³-hybridized carbons (Fsp3) is 0.273. The van der Waals surface area contributed by atoms with Gasteiger partial charge >= 0.3 is 0 Å². The molecule has 0 saturated heterocycles. The van der Waals surface area contributed by atoms with Crippen molar-refractivity contribution in [2.45, 2.75) is 37.6 Å². The molecule has 0 spiro atoms. The summed E-state index contributed by atoms with van der Waals surface area (Å²) < 4.78 is 27.6. The van der Waals surface area contributed by atoms with Crippen LogP contribution in [0, 0.1) is 12.3 Å². The number of sulfone groups is 1. The van der Waals surface area contributed by atoms with Gasteiger partial charge < -0.3 is 4.57 Å². The van der Waals surface area contributed by atoms with Crippen LogP contribution in [0.15, 0.2) is 52.4 Å². The molecule has 8 heteroatoms. The van der Waals surface area contributed by atoms with Gasteiger partial charge in [0.05, 0.1) is 27.4 Å². The highest BCUT2D eigenvalue weighted by molar-refractivity contribution is 7.91. The molecule has 156 valence electrons. The Labute approximate surface area is 185 Å².